The second-order valence-corrected chi connectivity index (χ2v) is 11.9. The van der Waals surface area contributed by atoms with Crippen LogP contribution in [-0.4, -0.2) is 52.2 Å². The van der Waals surface area contributed by atoms with Crippen molar-refractivity contribution >= 4 is 23.6 Å². The van der Waals surface area contributed by atoms with Gasteiger partial charge in [0, 0.05) is 23.2 Å². The van der Waals surface area contributed by atoms with Crippen LogP contribution in [0.3, 0.4) is 0 Å². The highest BCUT2D eigenvalue weighted by molar-refractivity contribution is 5.99. The van der Waals surface area contributed by atoms with E-state index in [-0.39, 0.29) is 17.7 Å². The molecule has 0 bridgehead atoms. The Bertz CT molecular complexity index is 1360. The predicted octanol–water partition coefficient (Wildman–Crippen LogP) is 5.84. The molecule has 0 aliphatic rings. The van der Waals surface area contributed by atoms with E-state index in [0.717, 1.165) is 5.56 Å². The molecule has 0 saturated heterocycles. The summed E-state index contributed by atoms with van der Waals surface area (Å²) in [5.74, 6) is -0.584. The molecule has 3 rings (SSSR count). The average Bonchev–Trinajstić information content (AvgIpc) is 2.90. The van der Waals surface area contributed by atoms with Crippen LogP contribution in [0.2, 0.25) is 0 Å². The van der Waals surface area contributed by atoms with Crippen molar-refractivity contribution in [3.63, 3.8) is 0 Å². The zero-order valence-electron chi connectivity index (χ0n) is 25.3. The lowest BCUT2D eigenvalue weighted by Crippen LogP contribution is -2.58. The first-order valence-corrected chi connectivity index (χ1v) is 13.8. The Hall–Kier alpha value is -4.53. The fourth-order valence-corrected chi connectivity index (χ4v) is 4.51. The van der Waals surface area contributed by atoms with Crippen molar-refractivity contribution in [1.29, 1.82) is 0 Å². The molecular weight excluding hydrogens is 534 g/mol. The van der Waals surface area contributed by atoms with Crippen LogP contribution < -0.4 is 15.4 Å². The third kappa shape index (κ3) is 8.73. The first kappa shape index (κ1) is 32.0. The maximum Gasteiger partial charge on any atom is 0.408 e. The minimum Gasteiger partial charge on any atom is -0.508 e. The number of benzene rings is 3. The number of alkyl carbamates (subject to hydrolysis) is 1. The van der Waals surface area contributed by atoms with E-state index >= 15 is 0 Å². The summed E-state index contributed by atoms with van der Waals surface area (Å²) in [6.07, 6.45) is -0.605. The minimum absolute atomic E-state index is 0.144. The number of nitrogens with zero attached hydrogens (tertiary/aromatic N) is 1. The quantitative estimate of drug-likeness (QED) is 0.295. The van der Waals surface area contributed by atoms with Crippen LogP contribution in [0.5, 0.6) is 11.5 Å². The molecule has 9 heteroatoms. The number of hydrogen-bond donors (Lipinski definition) is 3. The van der Waals surface area contributed by atoms with Gasteiger partial charge in [0.25, 0.3) is 5.91 Å². The van der Waals surface area contributed by atoms with E-state index in [1.807, 2.05) is 30.3 Å². The minimum atomic E-state index is -1.25. The van der Waals surface area contributed by atoms with E-state index < -0.39 is 41.1 Å². The molecule has 2 atom stereocenters. The first-order valence-electron chi connectivity index (χ1n) is 13.8. The van der Waals surface area contributed by atoms with Gasteiger partial charge in [-0.25, -0.2) is 4.79 Å². The van der Waals surface area contributed by atoms with E-state index in [2.05, 4.69) is 10.6 Å². The van der Waals surface area contributed by atoms with Gasteiger partial charge in [-0.2, -0.15) is 0 Å². The highest BCUT2D eigenvalue weighted by atomic mass is 16.6. The summed E-state index contributed by atoms with van der Waals surface area (Å²) in [4.78, 5) is 42.9. The molecule has 224 valence electrons. The van der Waals surface area contributed by atoms with Crippen LogP contribution in [0.25, 0.3) is 0 Å². The summed E-state index contributed by atoms with van der Waals surface area (Å²) in [7, 11) is 1.55. The van der Waals surface area contributed by atoms with E-state index in [9.17, 15) is 19.5 Å². The standard InChI is InChI=1S/C33H41N3O6/c1-32(2,3)36(30(39)26(21-22-13-9-8-10-14-22)35-31(40)42-33(4,5)6)28(25-15-11-12-16-27(25)37)29(38)34-23-17-19-24(41-7)20-18-23/h8-20,26,28,37H,21H2,1-7H3,(H,34,38)(H,35,40). The molecule has 3 aromatic carbocycles. The van der Waals surface area contributed by atoms with Crippen molar-refractivity contribution in [2.24, 2.45) is 0 Å². The third-order valence-electron chi connectivity index (χ3n) is 6.33. The summed E-state index contributed by atoms with van der Waals surface area (Å²) in [5.41, 5.74) is -0.184. The SMILES string of the molecule is COc1ccc(NC(=O)C(c2ccccc2O)N(C(=O)C(Cc2ccccc2)NC(=O)OC(C)(C)C)C(C)(C)C)cc1. The van der Waals surface area contributed by atoms with Crippen molar-refractivity contribution in [2.45, 2.75) is 71.2 Å². The van der Waals surface area contributed by atoms with Gasteiger partial charge >= 0.3 is 6.09 Å². The zero-order valence-corrected chi connectivity index (χ0v) is 25.3. The van der Waals surface area contributed by atoms with Crippen molar-refractivity contribution in [1.82, 2.24) is 10.2 Å². The van der Waals surface area contributed by atoms with Gasteiger partial charge in [-0.15, -0.1) is 0 Å². The lowest BCUT2D eigenvalue weighted by molar-refractivity contribution is -0.146. The fourth-order valence-electron chi connectivity index (χ4n) is 4.51. The molecule has 0 fully saturated rings. The van der Waals surface area contributed by atoms with Gasteiger partial charge in [-0.1, -0.05) is 48.5 Å². The number of carbonyl (C=O) groups is 3. The van der Waals surface area contributed by atoms with Gasteiger partial charge in [-0.05, 0) is 77.4 Å². The molecule has 2 unspecified atom stereocenters. The fraction of sp³-hybridized carbons (Fsp3) is 0.364. The Morgan fingerprint density at radius 2 is 1.45 bits per heavy atom. The highest BCUT2D eigenvalue weighted by Gasteiger charge is 2.43. The molecule has 0 heterocycles. The number of amides is 3. The van der Waals surface area contributed by atoms with Crippen LogP contribution in [0.4, 0.5) is 10.5 Å². The third-order valence-corrected chi connectivity index (χ3v) is 6.33. The topological polar surface area (TPSA) is 117 Å². The number of nitrogens with one attached hydrogen (secondary N) is 2. The second-order valence-electron chi connectivity index (χ2n) is 11.9. The van der Waals surface area contributed by atoms with E-state index in [4.69, 9.17) is 9.47 Å². The Morgan fingerprint density at radius 1 is 0.857 bits per heavy atom. The Labute approximate surface area is 247 Å². The van der Waals surface area contributed by atoms with Crippen LogP contribution >= 0.6 is 0 Å². The van der Waals surface area contributed by atoms with Crippen LogP contribution in [0.15, 0.2) is 78.9 Å². The number of ether oxygens (including phenoxy) is 2. The number of rotatable bonds is 9. The maximum atomic E-state index is 14.5. The van der Waals surface area contributed by atoms with Gasteiger partial charge in [0.2, 0.25) is 5.91 Å². The molecule has 0 saturated carbocycles. The molecule has 0 aliphatic carbocycles. The average molecular weight is 576 g/mol. The van der Waals surface area contributed by atoms with Gasteiger partial charge in [-0.3, -0.25) is 9.59 Å². The molecule has 3 amide bonds. The largest absolute Gasteiger partial charge is 0.508 e. The summed E-state index contributed by atoms with van der Waals surface area (Å²) in [5, 5.41) is 16.5. The molecule has 0 aromatic heterocycles. The number of methoxy groups -OCH3 is 1. The molecule has 3 aromatic rings. The molecule has 3 N–H and O–H groups in total. The Morgan fingerprint density at radius 3 is 2.00 bits per heavy atom. The van der Waals surface area contributed by atoms with Crippen LogP contribution in [0.1, 0.15) is 58.7 Å². The summed E-state index contributed by atoms with van der Waals surface area (Å²) in [6, 6.07) is 20.1. The number of aromatic hydroxyl groups is 1. The maximum absolute atomic E-state index is 14.5. The van der Waals surface area contributed by atoms with Gasteiger partial charge in [0.15, 0.2) is 0 Å². The number of phenolic OH excluding ortho intramolecular Hbond substituents is 1. The van der Waals surface area contributed by atoms with E-state index in [1.54, 1.807) is 91.1 Å². The monoisotopic (exact) mass is 575 g/mol. The van der Waals surface area contributed by atoms with Crippen LogP contribution in [-0.2, 0) is 20.7 Å². The molecule has 9 nitrogen and oxygen atoms in total. The summed E-state index contributed by atoms with van der Waals surface area (Å²) >= 11 is 0. The summed E-state index contributed by atoms with van der Waals surface area (Å²) in [6.45, 7) is 10.6. The Kier molecular flexibility index (Phi) is 10.2. The molecule has 42 heavy (non-hydrogen) atoms. The van der Waals surface area contributed by atoms with Gasteiger partial charge in [0.1, 0.15) is 29.2 Å². The summed E-state index contributed by atoms with van der Waals surface area (Å²) < 4.78 is 10.7. The number of hydrogen-bond acceptors (Lipinski definition) is 6. The first-order chi connectivity index (χ1) is 19.7. The molecular formula is C33H41N3O6. The lowest BCUT2D eigenvalue weighted by Gasteiger charge is -2.43. The van der Waals surface area contributed by atoms with E-state index in [1.165, 1.54) is 11.0 Å². The van der Waals surface area contributed by atoms with Crippen molar-refractivity contribution < 1.29 is 29.0 Å². The number of anilines is 1. The molecule has 0 radical (unpaired) electrons. The molecule has 0 spiro atoms. The number of carbonyl (C=O) groups excluding carboxylic acids is 3. The van der Waals surface area contributed by atoms with E-state index in [0.29, 0.717) is 11.4 Å². The van der Waals surface area contributed by atoms with Crippen molar-refractivity contribution in [3.8, 4) is 11.5 Å². The normalized spacial score (nSPS) is 12.9. The van der Waals surface area contributed by atoms with Gasteiger partial charge in [0.05, 0.1) is 7.11 Å². The van der Waals surface area contributed by atoms with Crippen molar-refractivity contribution in [3.05, 3.63) is 90.0 Å². The number of phenols is 1. The number of para-hydroxylation sites is 1. The molecule has 0 aliphatic heterocycles. The van der Waals surface area contributed by atoms with Gasteiger partial charge < -0.3 is 30.1 Å². The Balaban J connectivity index is 2.09. The lowest BCUT2D eigenvalue weighted by atomic mass is 9.93. The second kappa shape index (κ2) is 13.4. The smallest absolute Gasteiger partial charge is 0.408 e. The predicted molar refractivity (Wildman–Crippen MR) is 162 cm³/mol. The zero-order chi connectivity index (χ0) is 31.1. The van der Waals surface area contributed by atoms with Crippen molar-refractivity contribution in [2.75, 3.05) is 12.4 Å². The van der Waals surface area contributed by atoms with Crippen LogP contribution in [0, 0.1) is 0 Å². The highest BCUT2D eigenvalue weighted by Crippen LogP contribution is 2.35.